The van der Waals surface area contributed by atoms with E-state index in [-0.39, 0.29) is 6.04 Å². The van der Waals surface area contributed by atoms with Gasteiger partial charge in [0.25, 0.3) is 0 Å². The molecule has 1 aromatic carbocycles. The molecule has 1 aliphatic heterocycles. The van der Waals surface area contributed by atoms with Crippen molar-refractivity contribution in [2.24, 2.45) is 5.84 Å². The Kier molecular flexibility index (Phi) is 5.88. The van der Waals surface area contributed by atoms with Gasteiger partial charge in [-0.15, -0.1) is 0 Å². The Labute approximate surface area is 124 Å². The summed E-state index contributed by atoms with van der Waals surface area (Å²) in [4.78, 5) is 0. The molecule has 3 nitrogen and oxygen atoms in total. The molecule has 19 heavy (non-hydrogen) atoms. The molecule has 0 bridgehead atoms. The third-order valence-corrected chi connectivity index (χ3v) is 6.49. The zero-order valence-corrected chi connectivity index (χ0v) is 13.1. The zero-order chi connectivity index (χ0) is 13.7. The first-order valence-corrected chi connectivity index (χ1v) is 8.78. The molecule has 0 radical (unpaired) electrons. The number of benzene rings is 1. The van der Waals surface area contributed by atoms with Crippen molar-refractivity contribution in [3.8, 4) is 5.75 Å². The molecule has 3 N–H and O–H groups in total. The van der Waals surface area contributed by atoms with Crippen LogP contribution in [0.5, 0.6) is 5.75 Å². The highest BCUT2D eigenvalue weighted by atomic mass is 32.2. The molecule has 5 heteroatoms. The maximum Gasteiger partial charge on any atom is 0.119 e. The molecular weight excluding hydrogens is 276 g/mol. The Balaban J connectivity index is 2.11. The second-order valence-corrected chi connectivity index (χ2v) is 7.33. The summed E-state index contributed by atoms with van der Waals surface area (Å²) < 4.78 is 5.48. The van der Waals surface area contributed by atoms with E-state index in [0.717, 1.165) is 5.75 Å². The van der Waals surface area contributed by atoms with Crippen LogP contribution in [0.4, 0.5) is 0 Å². The largest absolute Gasteiger partial charge is 0.494 e. The van der Waals surface area contributed by atoms with Crippen LogP contribution in [0.3, 0.4) is 0 Å². The first-order chi connectivity index (χ1) is 9.26. The van der Waals surface area contributed by atoms with Crippen LogP contribution < -0.4 is 16.0 Å². The molecule has 2 rings (SSSR count). The van der Waals surface area contributed by atoms with Crippen LogP contribution in [0.2, 0.25) is 0 Å². The molecular formula is C14H22N2OS2. The van der Waals surface area contributed by atoms with Crippen LogP contribution >= 0.6 is 23.5 Å². The summed E-state index contributed by atoms with van der Waals surface area (Å²) in [6, 6.07) is 8.47. The second kappa shape index (κ2) is 7.43. The molecule has 1 fully saturated rings. The van der Waals surface area contributed by atoms with Crippen LogP contribution in [0.1, 0.15) is 25.5 Å². The fourth-order valence-electron chi connectivity index (χ4n) is 2.33. The minimum atomic E-state index is 0.198. The normalized spacial score (nSPS) is 25.0. The van der Waals surface area contributed by atoms with Gasteiger partial charge in [0.2, 0.25) is 0 Å². The Bertz CT molecular complexity index is 386. The maximum absolute atomic E-state index is 5.79. The average Bonchev–Trinajstić information content (AvgIpc) is 2.44. The fraction of sp³-hybridized carbons (Fsp3) is 0.571. The van der Waals surface area contributed by atoms with Crippen molar-refractivity contribution in [3.63, 3.8) is 0 Å². The minimum absolute atomic E-state index is 0.198. The van der Waals surface area contributed by atoms with E-state index in [1.54, 1.807) is 0 Å². The first kappa shape index (κ1) is 15.0. The van der Waals surface area contributed by atoms with Crippen molar-refractivity contribution in [1.29, 1.82) is 0 Å². The van der Waals surface area contributed by atoms with Crippen molar-refractivity contribution < 1.29 is 4.74 Å². The van der Waals surface area contributed by atoms with Crippen LogP contribution in [0.15, 0.2) is 24.3 Å². The summed E-state index contributed by atoms with van der Waals surface area (Å²) in [5.41, 5.74) is 4.23. The van der Waals surface area contributed by atoms with E-state index in [9.17, 15) is 0 Å². The minimum Gasteiger partial charge on any atom is -0.494 e. The molecule has 0 saturated carbocycles. The molecule has 1 saturated heterocycles. The monoisotopic (exact) mass is 298 g/mol. The zero-order valence-electron chi connectivity index (χ0n) is 11.5. The Morgan fingerprint density at radius 3 is 2.58 bits per heavy atom. The lowest BCUT2D eigenvalue weighted by Crippen LogP contribution is -2.40. The van der Waals surface area contributed by atoms with Crippen LogP contribution in [-0.2, 0) is 0 Å². The predicted molar refractivity (Wildman–Crippen MR) is 85.8 cm³/mol. The van der Waals surface area contributed by atoms with Gasteiger partial charge in [-0.3, -0.25) is 11.3 Å². The van der Waals surface area contributed by atoms with E-state index in [2.05, 4.69) is 24.5 Å². The van der Waals surface area contributed by atoms with Gasteiger partial charge in [-0.05, 0) is 24.6 Å². The predicted octanol–water partition coefficient (Wildman–Crippen LogP) is 2.83. The van der Waals surface area contributed by atoms with E-state index in [0.29, 0.717) is 17.1 Å². The molecule has 3 atom stereocenters. The van der Waals surface area contributed by atoms with Gasteiger partial charge < -0.3 is 4.74 Å². The molecule has 3 unspecified atom stereocenters. The maximum atomic E-state index is 5.79. The van der Waals surface area contributed by atoms with E-state index in [1.807, 2.05) is 42.6 Å². The highest BCUT2D eigenvalue weighted by Crippen LogP contribution is 2.38. The number of thioether (sulfide) groups is 2. The number of rotatable bonds is 5. The number of hydrogen-bond donors (Lipinski definition) is 2. The molecule has 0 amide bonds. The van der Waals surface area contributed by atoms with Crippen molar-refractivity contribution in [1.82, 2.24) is 5.43 Å². The highest BCUT2D eigenvalue weighted by Gasteiger charge is 2.30. The molecule has 0 spiro atoms. The summed E-state index contributed by atoms with van der Waals surface area (Å²) in [6.07, 6.45) is 0. The Morgan fingerprint density at radius 2 is 2.00 bits per heavy atom. The van der Waals surface area contributed by atoms with Gasteiger partial charge in [-0.1, -0.05) is 19.1 Å². The summed E-state index contributed by atoms with van der Waals surface area (Å²) in [6.45, 7) is 4.99. The summed E-state index contributed by atoms with van der Waals surface area (Å²) in [7, 11) is 0. The van der Waals surface area contributed by atoms with Gasteiger partial charge in [-0.2, -0.15) is 23.5 Å². The lowest BCUT2D eigenvalue weighted by Gasteiger charge is -2.34. The topological polar surface area (TPSA) is 47.3 Å². The van der Waals surface area contributed by atoms with Crippen LogP contribution in [-0.4, -0.2) is 28.6 Å². The van der Waals surface area contributed by atoms with Crippen molar-refractivity contribution in [3.05, 3.63) is 29.8 Å². The Hall–Kier alpha value is -0.360. The molecule has 0 aromatic heterocycles. The van der Waals surface area contributed by atoms with Gasteiger partial charge in [0, 0.05) is 22.0 Å². The van der Waals surface area contributed by atoms with Gasteiger partial charge in [0.15, 0.2) is 0 Å². The van der Waals surface area contributed by atoms with E-state index in [4.69, 9.17) is 10.6 Å². The first-order valence-electron chi connectivity index (χ1n) is 6.68. The standard InChI is InChI=1S/C14H22N2OS2/c1-3-17-12-6-4-11(5-7-12)13(16-15)14-10(2)18-8-9-19-14/h4-7,10,13-14,16H,3,8-9,15H2,1-2H3. The van der Waals surface area contributed by atoms with Crippen LogP contribution in [0, 0.1) is 0 Å². The summed E-state index contributed by atoms with van der Waals surface area (Å²) in [5, 5.41) is 1.13. The van der Waals surface area contributed by atoms with E-state index < -0.39 is 0 Å². The van der Waals surface area contributed by atoms with Crippen LogP contribution in [0.25, 0.3) is 0 Å². The SMILES string of the molecule is CCOc1ccc(C(NN)C2SCCSC2C)cc1. The number of ether oxygens (including phenoxy) is 1. The molecule has 1 aliphatic rings. The Morgan fingerprint density at radius 1 is 1.32 bits per heavy atom. The third-order valence-electron chi connectivity index (χ3n) is 3.30. The number of hydrogen-bond acceptors (Lipinski definition) is 5. The molecule has 1 aromatic rings. The van der Waals surface area contributed by atoms with Gasteiger partial charge in [0.05, 0.1) is 12.6 Å². The van der Waals surface area contributed by atoms with Crippen molar-refractivity contribution in [2.75, 3.05) is 18.1 Å². The number of hydrazine groups is 1. The van der Waals surface area contributed by atoms with Gasteiger partial charge >= 0.3 is 0 Å². The second-order valence-electron chi connectivity index (χ2n) is 4.56. The lowest BCUT2D eigenvalue weighted by molar-refractivity contribution is 0.340. The van der Waals surface area contributed by atoms with Gasteiger partial charge in [-0.25, -0.2) is 0 Å². The number of nitrogens with two attached hydrogens (primary N) is 1. The fourth-order valence-corrected chi connectivity index (χ4v) is 5.27. The average molecular weight is 298 g/mol. The summed E-state index contributed by atoms with van der Waals surface area (Å²) >= 11 is 4.05. The van der Waals surface area contributed by atoms with E-state index >= 15 is 0 Å². The van der Waals surface area contributed by atoms with Crippen molar-refractivity contribution >= 4 is 23.5 Å². The molecule has 0 aliphatic carbocycles. The molecule has 1 heterocycles. The summed E-state index contributed by atoms with van der Waals surface area (Å²) in [5.74, 6) is 9.15. The highest BCUT2D eigenvalue weighted by molar-refractivity contribution is 8.07. The van der Waals surface area contributed by atoms with Gasteiger partial charge in [0.1, 0.15) is 5.75 Å². The molecule has 106 valence electrons. The quantitative estimate of drug-likeness (QED) is 0.646. The van der Waals surface area contributed by atoms with Crippen molar-refractivity contribution in [2.45, 2.75) is 30.4 Å². The smallest absolute Gasteiger partial charge is 0.119 e. The number of nitrogens with one attached hydrogen (secondary N) is 1. The third kappa shape index (κ3) is 3.81. The van der Waals surface area contributed by atoms with E-state index in [1.165, 1.54) is 17.1 Å². The lowest BCUT2D eigenvalue weighted by atomic mass is 10.0.